The fourth-order valence-electron chi connectivity index (χ4n) is 2.67. The monoisotopic (exact) mass is 384 g/mol. The molecule has 0 aliphatic rings. The van der Waals surface area contributed by atoms with Gasteiger partial charge in [0.15, 0.2) is 0 Å². The molecule has 148 valence electrons. The van der Waals surface area contributed by atoms with Gasteiger partial charge in [-0.1, -0.05) is 32.0 Å². The van der Waals surface area contributed by atoms with Gasteiger partial charge in [-0.3, -0.25) is 14.4 Å². The second-order valence-corrected chi connectivity index (χ2v) is 6.98. The van der Waals surface area contributed by atoms with E-state index in [1.54, 1.807) is 19.2 Å². The van der Waals surface area contributed by atoms with Crippen LogP contribution >= 0.6 is 0 Å². The van der Waals surface area contributed by atoms with Gasteiger partial charge in [-0.25, -0.2) is 0 Å². The number of anilines is 1. The number of hydrogen-bond donors (Lipinski definition) is 3. The molecule has 0 saturated heterocycles. The average molecular weight is 384 g/mol. The molecule has 0 atom stereocenters. The van der Waals surface area contributed by atoms with Gasteiger partial charge in [-0.2, -0.15) is 0 Å². The number of ether oxygens (including phenoxy) is 1. The molecule has 0 aliphatic heterocycles. The Bertz CT molecular complexity index is 859. The molecule has 0 heterocycles. The maximum Gasteiger partial charge on any atom is 0.322 e. The molecule has 0 spiro atoms. The zero-order valence-corrected chi connectivity index (χ0v) is 16.1. The van der Waals surface area contributed by atoms with Crippen LogP contribution in [-0.2, 0) is 16.0 Å². The Balaban J connectivity index is 2.03. The summed E-state index contributed by atoms with van der Waals surface area (Å²) in [5.41, 5.74) is 1.11. The molecule has 0 radical (unpaired) electrons. The van der Waals surface area contributed by atoms with E-state index in [4.69, 9.17) is 9.84 Å². The lowest BCUT2D eigenvalue weighted by Gasteiger charge is -2.24. The van der Waals surface area contributed by atoms with E-state index in [1.165, 1.54) is 12.1 Å². The lowest BCUT2D eigenvalue weighted by Crippen LogP contribution is -2.33. The summed E-state index contributed by atoms with van der Waals surface area (Å²) in [4.78, 5) is 35.1. The van der Waals surface area contributed by atoms with Gasteiger partial charge in [-0.05, 0) is 42.3 Å². The molecule has 28 heavy (non-hydrogen) atoms. The van der Waals surface area contributed by atoms with Crippen molar-refractivity contribution in [2.45, 2.75) is 20.3 Å². The summed E-state index contributed by atoms with van der Waals surface area (Å²) in [5, 5.41) is 13.7. The third-order valence-corrected chi connectivity index (χ3v) is 4.24. The van der Waals surface area contributed by atoms with Crippen LogP contribution in [0.2, 0.25) is 0 Å². The highest BCUT2D eigenvalue weighted by atomic mass is 16.5. The third kappa shape index (κ3) is 5.57. The van der Waals surface area contributed by atoms with Gasteiger partial charge < -0.3 is 20.5 Å². The molecule has 2 amide bonds. The Morgan fingerprint density at radius 1 is 1.04 bits per heavy atom. The van der Waals surface area contributed by atoms with Crippen LogP contribution in [0.1, 0.15) is 29.8 Å². The largest absolute Gasteiger partial charge is 0.496 e. The number of carboxylic acids is 1. The van der Waals surface area contributed by atoms with E-state index in [0.717, 1.165) is 11.3 Å². The summed E-state index contributed by atoms with van der Waals surface area (Å²) >= 11 is 0. The van der Waals surface area contributed by atoms with E-state index in [0.29, 0.717) is 17.7 Å². The van der Waals surface area contributed by atoms with Crippen LogP contribution < -0.4 is 15.4 Å². The summed E-state index contributed by atoms with van der Waals surface area (Å²) in [6, 6.07) is 13.8. The molecule has 7 heteroatoms. The first-order valence-corrected chi connectivity index (χ1v) is 8.76. The molecule has 0 aliphatic carbocycles. The first kappa shape index (κ1) is 21.0. The summed E-state index contributed by atoms with van der Waals surface area (Å²) in [6.07, 6.45) is 0.499. The van der Waals surface area contributed by atoms with Crippen molar-refractivity contribution in [3.05, 3.63) is 59.7 Å². The van der Waals surface area contributed by atoms with Crippen molar-refractivity contribution in [2.75, 3.05) is 19.0 Å². The topological polar surface area (TPSA) is 105 Å². The molecule has 2 rings (SSSR count). The fourth-order valence-corrected chi connectivity index (χ4v) is 2.67. The van der Waals surface area contributed by atoms with E-state index in [9.17, 15) is 14.4 Å². The van der Waals surface area contributed by atoms with Crippen molar-refractivity contribution in [3.8, 4) is 5.75 Å². The summed E-state index contributed by atoms with van der Waals surface area (Å²) in [6.45, 7) is 3.25. The van der Waals surface area contributed by atoms with Gasteiger partial charge >= 0.3 is 5.97 Å². The van der Waals surface area contributed by atoms with Crippen LogP contribution in [0.15, 0.2) is 48.5 Å². The Labute approximate surface area is 163 Å². The minimum Gasteiger partial charge on any atom is -0.496 e. The molecule has 0 unspecified atom stereocenters. The van der Waals surface area contributed by atoms with Gasteiger partial charge in [-0.15, -0.1) is 0 Å². The van der Waals surface area contributed by atoms with Crippen molar-refractivity contribution in [1.82, 2.24) is 5.32 Å². The highest BCUT2D eigenvalue weighted by molar-refractivity contribution is 5.98. The number of nitrogens with one attached hydrogen (secondary N) is 2. The van der Waals surface area contributed by atoms with Crippen molar-refractivity contribution in [3.63, 3.8) is 0 Å². The smallest absolute Gasteiger partial charge is 0.322 e. The molecule has 7 nitrogen and oxygen atoms in total. The number of carbonyl (C=O) groups excluding carboxylic acids is 2. The predicted molar refractivity (Wildman–Crippen MR) is 106 cm³/mol. The number of para-hydroxylation sites is 1. The molecule has 0 fully saturated rings. The zero-order valence-electron chi connectivity index (χ0n) is 16.1. The third-order valence-electron chi connectivity index (χ3n) is 4.24. The predicted octanol–water partition coefficient (Wildman–Crippen LogP) is 2.72. The highest BCUT2D eigenvalue weighted by Gasteiger charge is 2.29. The summed E-state index contributed by atoms with van der Waals surface area (Å²) in [5.74, 6) is -1.03. The van der Waals surface area contributed by atoms with Crippen molar-refractivity contribution >= 4 is 23.5 Å². The lowest BCUT2D eigenvalue weighted by molar-refractivity contribution is -0.135. The normalized spacial score (nSPS) is 10.8. The molecule has 0 aromatic heterocycles. The number of hydrogen-bond acceptors (Lipinski definition) is 4. The van der Waals surface area contributed by atoms with Crippen LogP contribution in [0.5, 0.6) is 5.75 Å². The van der Waals surface area contributed by atoms with Crippen LogP contribution in [-0.4, -0.2) is 36.5 Å². The van der Waals surface area contributed by atoms with Gasteiger partial charge in [0.1, 0.15) is 12.3 Å². The molecule has 3 N–H and O–H groups in total. The van der Waals surface area contributed by atoms with E-state index < -0.39 is 23.8 Å². The second-order valence-electron chi connectivity index (χ2n) is 6.98. The lowest BCUT2D eigenvalue weighted by atomic mass is 9.84. The first-order chi connectivity index (χ1) is 13.2. The number of carboxylic acid groups (broad SMARTS) is 1. The highest BCUT2D eigenvalue weighted by Crippen LogP contribution is 2.29. The van der Waals surface area contributed by atoms with Crippen molar-refractivity contribution in [1.29, 1.82) is 0 Å². The average Bonchev–Trinajstić information content (AvgIpc) is 2.66. The van der Waals surface area contributed by atoms with E-state index in [1.807, 2.05) is 38.1 Å². The number of amides is 2. The van der Waals surface area contributed by atoms with Crippen molar-refractivity contribution in [2.24, 2.45) is 5.41 Å². The maximum atomic E-state index is 12.7. The number of carbonyl (C=O) groups is 3. The number of benzene rings is 2. The Hall–Kier alpha value is -3.35. The first-order valence-electron chi connectivity index (χ1n) is 8.76. The SMILES string of the molecule is COc1ccccc1CC(C)(C)C(=O)Nc1ccc(C(=O)NCC(=O)O)cc1. The summed E-state index contributed by atoms with van der Waals surface area (Å²) < 4.78 is 5.35. The Kier molecular flexibility index (Phi) is 6.76. The van der Waals surface area contributed by atoms with Gasteiger partial charge in [0.25, 0.3) is 5.91 Å². The van der Waals surface area contributed by atoms with Crippen LogP contribution in [0.25, 0.3) is 0 Å². The minimum absolute atomic E-state index is 0.165. The number of methoxy groups -OCH3 is 1. The quantitative estimate of drug-likeness (QED) is 0.649. The van der Waals surface area contributed by atoms with Gasteiger partial charge in [0.2, 0.25) is 5.91 Å². The van der Waals surface area contributed by atoms with Gasteiger partial charge in [0.05, 0.1) is 7.11 Å². The van der Waals surface area contributed by atoms with E-state index in [2.05, 4.69) is 10.6 Å². The molecule has 2 aromatic carbocycles. The Morgan fingerprint density at radius 3 is 2.29 bits per heavy atom. The van der Waals surface area contributed by atoms with Crippen LogP contribution in [0, 0.1) is 5.41 Å². The minimum atomic E-state index is -1.12. The molecule has 2 aromatic rings. The summed E-state index contributed by atoms with van der Waals surface area (Å²) in [7, 11) is 1.60. The van der Waals surface area contributed by atoms with E-state index in [-0.39, 0.29) is 5.91 Å². The number of rotatable bonds is 8. The molecular weight excluding hydrogens is 360 g/mol. The van der Waals surface area contributed by atoms with Crippen LogP contribution in [0.3, 0.4) is 0 Å². The van der Waals surface area contributed by atoms with Gasteiger partial charge in [0, 0.05) is 16.7 Å². The van der Waals surface area contributed by atoms with Crippen molar-refractivity contribution < 1.29 is 24.2 Å². The maximum absolute atomic E-state index is 12.7. The van der Waals surface area contributed by atoms with Crippen LogP contribution in [0.4, 0.5) is 5.69 Å². The zero-order chi connectivity index (χ0) is 20.7. The Morgan fingerprint density at radius 2 is 1.68 bits per heavy atom. The molecule has 0 saturated carbocycles. The fraction of sp³-hybridized carbons (Fsp3) is 0.286. The van der Waals surface area contributed by atoms with E-state index >= 15 is 0 Å². The second kappa shape index (κ2) is 9.03. The standard InChI is InChI=1S/C21H24N2O5/c1-21(2,12-15-6-4-5-7-17(15)28-3)20(27)23-16-10-8-14(9-11-16)19(26)22-13-18(24)25/h4-11H,12-13H2,1-3H3,(H,22,26)(H,23,27)(H,24,25). The molecule has 0 bridgehead atoms. The molecular formula is C21H24N2O5. The number of aliphatic carboxylic acids is 1.